The molecule has 0 spiro atoms. The maximum Gasteiger partial charge on any atom is 0.573 e. The van der Waals surface area contributed by atoms with Gasteiger partial charge in [-0.25, -0.2) is 0 Å². The highest BCUT2D eigenvalue weighted by atomic mass is 19.4. The van der Waals surface area contributed by atoms with Gasteiger partial charge in [-0.3, -0.25) is 4.68 Å². The minimum absolute atomic E-state index is 0.237. The van der Waals surface area contributed by atoms with Crippen molar-refractivity contribution in [1.29, 1.82) is 0 Å². The first-order valence-corrected chi connectivity index (χ1v) is 6.47. The van der Waals surface area contributed by atoms with Crippen LogP contribution in [0.25, 0.3) is 0 Å². The van der Waals surface area contributed by atoms with Gasteiger partial charge in [0.05, 0.1) is 11.7 Å². The van der Waals surface area contributed by atoms with Gasteiger partial charge in [-0.15, -0.1) is 13.2 Å². The Bertz CT molecular complexity index is 595. The summed E-state index contributed by atoms with van der Waals surface area (Å²) in [4.78, 5) is 0. The van der Waals surface area contributed by atoms with Crippen molar-refractivity contribution >= 4 is 0 Å². The molecule has 1 aromatic carbocycles. The molecule has 0 radical (unpaired) electrons. The molecule has 0 amide bonds. The van der Waals surface area contributed by atoms with Gasteiger partial charge in [-0.05, 0) is 30.3 Å². The third-order valence-electron chi connectivity index (χ3n) is 2.86. The van der Waals surface area contributed by atoms with Gasteiger partial charge >= 0.3 is 6.36 Å². The van der Waals surface area contributed by atoms with E-state index in [1.54, 1.807) is 24.0 Å². The third-order valence-corrected chi connectivity index (χ3v) is 2.86. The van der Waals surface area contributed by atoms with Crippen LogP contribution in [-0.2, 0) is 7.05 Å². The maximum absolute atomic E-state index is 12.3. The molecule has 1 atom stereocenters. The van der Waals surface area contributed by atoms with Crippen LogP contribution in [0.4, 0.5) is 13.2 Å². The Kier molecular flexibility index (Phi) is 4.52. The smallest absolute Gasteiger partial charge is 0.406 e. The van der Waals surface area contributed by atoms with Crippen LogP contribution in [0.1, 0.15) is 24.2 Å². The molecule has 1 heterocycles. The highest BCUT2D eigenvalue weighted by Crippen LogP contribution is 2.27. The van der Waals surface area contributed by atoms with Gasteiger partial charge in [-0.2, -0.15) is 5.10 Å². The van der Waals surface area contributed by atoms with Gasteiger partial charge < -0.3 is 10.1 Å². The van der Waals surface area contributed by atoms with Crippen molar-refractivity contribution in [2.45, 2.75) is 19.3 Å². The first kappa shape index (κ1) is 15.4. The average molecular weight is 299 g/mol. The molecular formula is C14H16F3N3O. The quantitative estimate of drug-likeness (QED) is 0.922. The van der Waals surface area contributed by atoms with Crippen molar-refractivity contribution in [3.05, 3.63) is 47.8 Å². The Morgan fingerprint density at radius 2 is 2.10 bits per heavy atom. The molecule has 1 aromatic heterocycles. The highest BCUT2D eigenvalue weighted by Gasteiger charge is 2.31. The van der Waals surface area contributed by atoms with Crippen LogP contribution in [0.3, 0.4) is 0 Å². The summed E-state index contributed by atoms with van der Waals surface area (Å²) >= 11 is 0. The molecule has 2 rings (SSSR count). The van der Waals surface area contributed by atoms with E-state index in [2.05, 4.69) is 15.2 Å². The molecule has 7 heteroatoms. The molecule has 0 bridgehead atoms. The SMILES string of the molecule is CCNC(c1cccc(OC(F)(F)F)c1)c1ccn(C)n1. The van der Waals surface area contributed by atoms with Crippen LogP contribution < -0.4 is 10.1 Å². The lowest BCUT2D eigenvalue weighted by atomic mass is 10.0. The van der Waals surface area contributed by atoms with Crippen LogP contribution >= 0.6 is 0 Å². The summed E-state index contributed by atoms with van der Waals surface area (Å²) in [5.74, 6) is -0.237. The molecule has 1 unspecified atom stereocenters. The number of rotatable bonds is 5. The summed E-state index contributed by atoms with van der Waals surface area (Å²) < 4.78 is 42.5. The number of alkyl halides is 3. The zero-order valence-corrected chi connectivity index (χ0v) is 11.7. The summed E-state index contributed by atoms with van der Waals surface area (Å²) in [5, 5.41) is 7.51. The first-order chi connectivity index (χ1) is 9.89. The Labute approximate surface area is 120 Å². The predicted molar refractivity (Wildman–Crippen MR) is 71.9 cm³/mol. The van der Waals surface area contributed by atoms with Gasteiger partial charge in [-0.1, -0.05) is 19.1 Å². The Hall–Kier alpha value is -2.02. The summed E-state index contributed by atoms with van der Waals surface area (Å²) in [6.07, 6.45) is -2.91. The number of hydrogen-bond donors (Lipinski definition) is 1. The van der Waals surface area contributed by atoms with E-state index < -0.39 is 6.36 Å². The fourth-order valence-electron chi connectivity index (χ4n) is 2.08. The van der Waals surface area contributed by atoms with E-state index in [9.17, 15) is 13.2 Å². The fraction of sp³-hybridized carbons (Fsp3) is 0.357. The first-order valence-electron chi connectivity index (χ1n) is 6.47. The van der Waals surface area contributed by atoms with E-state index in [1.165, 1.54) is 18.2 Å². The topological polar surface area (TPSA) is 39.1 Å². The Morgan fingerprint density at radius 3 is 2.67 bits per heavy atom. The number of benzene rings is 1. The molecular weight excluding hydrogens is 283 g/mol. The van der Waals surface area contributed by atoms with Crippen molar-refractivity contribution in [1.82, 2.24) is 15.1 Å². The van der Waals surface area contributed by atoms with Crippen molar-refractivity contribution in [2.24, 2.45) is 7.05 Å². The van der Waals surface area contributed by atoms with Gasteiger partial charge in [0, 0.05) is 13.2 Å². The molecule has 0 aliphatic heterocycles. The van der Waals surface area contributed by atoms with Gasteiger partial charge in [0.2, 0.25) is 0 Å². The monoisotopic (exact) mass is 299 g/mol. The molecule has 0 aliphatic rings. The minimum Gasteiger partial charge on any atom is -0.406 e. The van der Waals surface area contributed by atoms with Crippen LogP contribution in [0, 0.1) is 0 Å². The predicted octanol–water partition coefficient (Wildman–Crippen LogP) is 3.02. The van der Waals surface area contributed by atoms with Crippen molar-refractivity contribution < 1.29 is 17.9 Å². The standard InChI is InChI=1S/C14H16F3N3O/c1-3-18-13(12-7-8-20(2)19-12)10-5-4-6-11(9-10)21-14(15,16)17/h4-9,13,18H,3H2,1-2H3. The summed E-state index contributed by atoms with van der Waals surface area (Å²) in [5.41, 5.74) is 1.40. The second-order valence-corrected chi connectivity index (χ2v) is 4.53. The number of aryl methyl sites for hydroxylation is 1. The van der Waals surface area contributed by atoms with E-state index in [1.807, 2.05) is 13.0 Å². The van der Waals surface area contributed by atoms with Crippen molar-refractivity contribution in [3.63, 3.8) is 0 Å². The number of ether oxygens (including phenoxy) is 1. The van der Waals surface area contributed by atoms with Crippen LogP contribution in [0.5, 0.6) is 5.75 Å². The maximum atomic E-state index is 12.3. The van der Waals surface area contributed by atoms with E-state index >= 15 is 0 Å². The summed E-state index contributed by atoms with van der Waals surface area (Å²) in [7, 11) is 1.79. The highest BCUT2D eigenvalue weighted by molar-refractivity contribution is 5.34. The number of nitrogens with zero attached hydrogens (tertiary/aromatic N) is 2. The van der Waals surface area contributed by atoms with Gasteiger partial charge in [0.25, 0.3) is 0 Å². The zero-order valence-electron chi connectivity index (χ0n) is 11.7. The molecule has 114 valence electrons. The van der Waals surface area contributed by atoms with E-state index in [-0.39, 0.29) is 11.8 Å². The average Bonchev–Trinajstić information content (AvgIpc) is 2.80. The summed E-state index contributed by atoms with van der Waals surface area (Å²) in [6, 6.07) is 7.46. The molecule has 21 heavy (non-hydrogen) atoms. The van der Waals surface area contributed by atoms with Crippen LogP contribution in [0.15, 0.2) is 36.5 Å². The molecule has 0 saturated heterocycles. The summed E-state index contributed by atoms with van der Waals surface area (Å²) in [6.45, 7) is 2.58. The van der Waals surface area contributed by atoms with Gasteiger partial charge in [0.1, 0.15) is 5.75 Å². The lowest BCUT2D eigenvalue weighted by Gasteiger charge is -2.17. The second kappa shape index (κ2) is 6.17. The van der Waals surface area contributed by atoms with Gasteiger partial charge in [0.15, 0.2) is 0 Å². The second-order valence-electron chi connectivity index (χ2n) is 4.53. The molecule has 0 saturated carbocycles. The molecule has 1 N–H and O–H groups in total. The lowest BCUT2D eigenvalue weighted by Crippen LogP contribution is -2.23. The Morgan fingerprint density at radius 1 is 1.33 bits per heavy atom. The molecule has 4 nitrogen and oxygen atoms in total. The normalized spacial score (nSPS) is 13.2. The van der Waals surface area contributed by atoms with Crippen molar-refractivity contribution in [2.75, 3.05) is 6.54 Å². The minimum atomic E-state index is -4.70. The third kappa shape index (κ3) is 4.22. The van der Waals surface area contributed by atoms with E-state index in [0.717, 1.165) is 5.69 Å². The van der Waals surface area contributed by atoms with E-state index in [4.69, 9.17) is 0 Å². The lowest BCUT2D eigenvalue weighted by molar-refractivity contribution is -0.274. The number of aromatic nitrogens is 2. The largest absolute Gasteiger partial charge is 0.573 e. The number of hydrogen-bond acceptors (Lipinski definition) is 3. The van der Waals surface area contributed by atoms with Crippen LogP contribution in [-0.4, -0.2) is 22.7 Å². The number of nitrogens with one attached hydrogen (secondary N) is 1. The van der Waals surface area contributed by atoms with Crippen molar-refractivity contribution in [3.8, 4) is 5.75 Å². The molecule has 2 aromatic rings. The fourth-order valence-corrected chi connectivity index (χ4v) is 2.08. The Balaban J connectivity index is 2.30. The molecule has 0 aliphatic carbocycles. The van der Waals surface area contributed by atoms with E-state index in [0.29, 0.717) is 12.1 Å². The zero-order chi connectivity index (χ0) is 15.5. The van der Waals surface area contributed by atoms with Crippen LogP contribution in [0.2, 0.25) is 0 Å². The number of halogens is 3. The molecule has 0 fully saturated rings.